The highest BCUT2D eigenvalue weighted by Gasteiger charge is 2.56. The number of anilines is 3. The second kappa shape index (κ2) is 11.6. The van der Waals surface area contributed by atoms with E-state index in [9.17, 15) is 29.3 Å². The molecule has 1 fully saturated rings. The molecule has 0 bridgehead atoms. The second-order valence-electron chi connectivity index (χ2n) is 10.5. The highest BCUT2D eigenvalue weighted by atomic mass is 35.5. The van der Waals surface area contributed by atoms with E-state index in [2.05, 4.69) is 5.32 Å². The third-order valence-electron chi connectivity index (χ3n) is 7.57. The Hall–Kier alpha value is -4.46. The molecule has 3 amide bonds. The summed E-state index contributed by atoms with van der Waals surface area (Å²) in [7, 11) is 3.81. The number of carbonyl (C=O) groups excluding carboxylic acids is 3. The Morgan fingerprint density at radius 1 is 0.977 bits per heavy atom. The minimum atomic E-state index is -0.886. The van der Waals surface area contributed by atoms with Crippen LogP contribution in [-0.2, 0) is 20.9 Å². The number of hydrogen-bond acceptors (Lipinski definition) is 9. The number of thiazole rings is 1. The minimum absolute atomic E-state index is 0.165. The number of nitrogens with one attached hydrogen (secondary N) is 1. The van der Waals surface area contributed by atoms with Crippen LogP contribution < -0.4 is 20.0 Å². The molecule has 224 valence electrons. The molecule has 14 heteroatoms. The molecule has 44 heavy (non-hydrogen) atoms. The average molecular weight is 650 g/mol. The third-order valence-corrected chi connectivity index (χ3v) is 10.4. The molecule has 0 aliphatic carbocycles. The van der Waals surface area contributed by atoms with Gasteiger partial charge < -0.3 is 10.2 Å². The van der Waals surface area contributed by atoms with E-state index < -0.39 is 39.7 Å². The SMILES string of the molecule is CN(C)c1ccc([C@@H]2c3sc(=O)n(CC(=O)Nc4ccc(Cl)cc4)c3S[C@H]3C(=O)N(c4ccc([N+](=O)[O-])cc4)C(=O)[C@@H]23)cc1. The van der Waals surface area contributed by atoms with Gasteiger partial charge >= 0.3 is 4.87 Å². The van der Waals surface area contributed by atoms with Crippen LogP contribution >= 0.6 is 34.7 Å². The van der Waals surface area contributed by atoms with Gasteiger partial charge in [-0.05, 0) is 54.1 Å². The van der Waals surface area contributed by atoms with Crippen LogP contribution in [-0.4, -0.2) is 46.6 Å². The first-order valence-electron chi connectivity index (χ1n) is 13.4. The van der Waals surface area contributed by atoms with Crippen molar-refractivity contribution < 1.29 is 19.3 Å². The summed E-state index contributed by atoms with van der Waals surface area (Å²) in [6.45, 7) is -0.293. The molecule has 6 rings (SSSR count). The van der Waals surface area contributed by atoms with Crippen molar-refractivity contribution in [3.05, 3.63) is 108 Å². The Balaban J connectivity index is 1.40. The fraction of sp³-hybridized carbons (Fsp3) is 0.200. The number of aromatic nitrogens is 1. The van der Waals surface area contributed by atoms with Crippen LogP contribution in [0.3, 0.4) is 0 Å². The molecule has 3 aromatic carbocycles. The summed E-state index contributed by atoms with van der Waals surface area (Å²) in [5.74, 6) is -2.86. The topological polar surface area (TPSA) is 135 Å². The normalized spacial score (nSPS) is 19.0. The fourth-order valence-corrected chi connectivity index (χ4v) is 8.35. The molecule has 1 N–H and O–H groups in total. The van der Waals surface area contributed by atoms with Gasteiger partial charge in [-0.15, -0.1) is 0 Å². The number of benzene rings is 3. The van der Waals surface area contributed by atoms with Crippen LogP contribution in [0.1, 0.15) is 16.4 Å². The van der Waals surface area contributed by atoms with Gasteiger partial charge in [-0.25, -0.2) is 4.90 Å². The van der Waals surface area contributed by atoms with Crippen molar-refractivity contribution in [1.82, 2.24) is 4.57 Å². The number of nitro benzene ring substituents is 1. The van der Waals surface area contributed by atoms with Crippen molar-refractivity contribution in [2.45, 2.75) is 22.7 Å². The van der Waals surface area contributed by atoms with Gasteiger partial charge in [-0.3, -0.25) is 33.9 Å². The Bertz CT molecular complexity index is 1850. The Labute approximate surface area is 264 Å². The van der Waals surface area contributed by atoms with E-state index in [0.29, 0.717) is 20.6 Å². The monoisotopic (exact) mass is 649 g/mol. The number of fused-ring (bicyclic) bond motifs is 2. The number of nitro groups is 1. The van der Waals surface area contributed by atoms with Crippen LogP contribution in [0.2, 0.25) is 5.02 Å². The summed E-state index contributed by atoms with van der Waals surface area (Å²) in [6, 6.07) is 19.4. The van der Waals surface area contributed by atoms with Crippen LogP contribution in [0.5, 0.6) is 0 Å². The van der Waals surface area contributed by atoms with Crippen molar-refractivity contribution in [2.24, 2.45) is 5.92 Å². The number of nitrogens with zero attached hydrogens (tertiary/aromatic N) is 4. The summed E-state index contributed by atoms with van der Waals surface area (Å²) in [6.07, 6.45) is 0. The van der Waals surface area contributed by atoms with Crippen LogP contribution in [0.15, 0.2) is 82.6 Å². The maximum atomic E-state index is 14.0. The molecule has 11 nitrogen and oxygen atoms in total. The molecular weight excluding hydrogens is 626 g/mol. The van der Waals surface area contributed by atoms with Crippen LogP contribution in [0.25, 0.3) is 0 Å². The molecule has 0 radical (unpaired) electrons. The number of hydrogen-bond donors (Lipinski definition) is 1. The van der Waals surface area contributed by atoms with Gasteiger partial charge in [0.25, 0.3) is 5.69 Å². The minimum Gasteiger partial charge on any atom is -0.378 e. The number of halogens is 1. The zero-order valence-corrected chi connectivity index (χ0v) is 25.7. The number of carbonyl (C=O) groups is 3. The largest absolute Gasteiger partial charge is 0.378 e. The van der Waals surface area contributed by atoms with Gasteiger partial charge in [0.05, 0.1) is 21.6 Å². The second-order valence-corrected chi connectivity index (χ2v) is 13.1. The fourth-order valence-electron chi connectivity index (χ4n) is 5.45. The maximum absolute atomic E-state index is 14.0. The Morgan fingerprint density at radius 2 is 1.64 bits per heavy atom. The van der Waals surface area contributed by atoms with Gasteiger partial charge in [0.1, 0.15) is 11.8 Å². The van der Waals surface area contributed by atoms with Gasteiger partial charge in [0, 0.05) is 53.4 Å². The summed E-state index contributed by atoms with van der Waals surface area (Å²) in [5, 5.41) is 14.0. The molecule has 4 aromatic rings. The summed E-state index contributed by atoms with van der Waals surface area (Å²) in [4.78, 5) is 68.1. The lowest BCUT2D eigenvalue weighted by molar-refractivity contribution is -0.384. The van der Waals surface area contributed by atoms with Crippen molar-refractivity contribution >= 4 is 75.2 Å². The van der Waals surface area contributed by atoms with Crippen molar-refractivity contribution in [2.75, 3.05) is 29.2 Å². The van der Waals surface area contributed by atoms with Gasteiger partial charge in [-0.1, -0.05) is 46.8 Å². The summed E-state index contributed by atoms with van der Waals surface area (Å²) in [5.41, 5.74) is 2.25. The van der Waals surface area contributed by atoms with E-state index in [4.69, 9.17) is 11.6 Å². The highest BCUT2D eigenvalue weighted by Crippen LogP contribution is 2.54. The molecule has 0 unspecified atom stereocenters. The Morgan fingerprint density at radius 3 is 2.25 bits per heavy atom. The van der Waals surface area contributed by atoms with E-state index in [1.54, 1.807) is 24.3 Å². The van der Waals surface area contributed by atoms with Gasteiger partial charge in [0.2, 0.25) is 17.7 Å². The zero-order chi connectivity index (χ0) is 31.3. The van der Waals surface area contributed by atoms with Gasteiger partial charge in [-0.2, -0.15) is 0 Å². The molecule has 3 atom stereocenters. The predicted molar refractivity (Wildman–Crippen MR) is 170 cm³/mol. The van der Waals surface area contributed by atoms with E-state index >= 15 is 0 Å². The quantitative estimate of drug-likeness (QED) is 0.168. The number of rotatable bonds is 7. The third kappa shape index (κ3) is 5.27. The number of thioether (sulfide) groups is 1. The molecule has 0 spiro atoms. The zero-order valence-electron chi connectivity index (χ0n) is 23.3. The van der Waals surface area contributed by atoms with Crippen molar-refractivity contribution in [3.8, 4) is 0 Å². The highest BCUT2D eigenvalue weighted by molar-refractivity contribution is 8.00. The first kappa shape index (κ1) is 29.6. The molecule has 2 aliphatic heterocycles. The lowest BCUT2D eigenvalue weighted by Crippen LogP contribution is -2.33. The first-order chi connectivity index (χ1) is 21.0. The predicted octanol–water partition coefficient (Wildman–Crippen LogP) is 4.97. The number of amides is 3. The average Bonchev–Trinajstić information content (AvgIpc) is 3.44. The first-order valence-corrected chi connectivity index (χ1v) is 15.5. The summed E-state index contributed by atoms with van der Waals surface area (Å²) < 4.78 is 1.35. The van der Waals surface area contributed by atoms with Crippen molar-refractivity contribution in [1.29, 1.82) is 0 Å². The summed E-state index contributed by atoms with van der Waals surface area (Å²) >= 11 is 8.00. The van der Waals surface area contributed by atoms with Crippen LogP contribution in [0.4, 0.5) is 22.7 Å². The lowest BCUT2D eigenvalue weighted by atomic mass is 9.83. The molecule has 3 heterocycles. The standard InChI is InChI=1S/C30H24ClN5O6S2/c1-33(2)19-9-3-16(4-10-19)23-24-25(28(39)35(27(24)38)20-11-13-21(14-12-20)36(41)42)43-29-26(23)44-30(40)34(29)15-22(37)32-18-7-5-17(31)6-8-18/h3-14,23-25H,15H2,1-2H3,(H,32,37)/t23-,24-,25+/m0/s1. The Kier molecular flexibility index (Phi) is 7.78. The maximum Gasteiger partial charge on any atom is 0.308 e. The molecule has 2 aliphatic rings. The van der Waals surface area contributed by atoms with E-state index in [1.807, 2.05) is 43.3 Å². The molecular formula is C30H24ClN5O6S2. The smallest absolute Gasteiger partial charge is 0.308 e. The van der Waals surface area contributed by atoms with Gasteiger partial charge in [0.15, 0.2) is 0 Å². The van der Waals surface area contributed by atoms with E-state index in [0.717, 1.165) is 39.2 Å². The number of imide groups is 1. The number of non-ortho nitro benzene ring substituents is 1. The lowest BCUT2D eigenvalue weighted by Gasteiger charge is -2.31. The van der Waals surface area contributed by atoms with E-state index in [-0.39, 0.29) is 22.8 Å². The van der Waals surface area contributed by atoms with Crippen LogP contribution in [0, 0.1) is 16.0 Å². The molecule has 1 saturated heterocycles. The van der Waals surface area contributed by atoms with Crippen molar-refractivity contribution in [3.63, 3.8) is 0 Å². The van der Waals surface area contributed by atoms with E-state index in [1.165, 1.54) is 28.8 Å². The molecule has 0 saturated carbocycles. The molecule has 1 aromatic heterocycles.